The number of methoxy groups -OCH3 is 1. The lowest BCUT2D eigenvalue weighted by atomic mass is 10.6. The SMILES string of the molecule is CNC=O.COc1nn(C2CC2)cc1N. The Morgan fingerprint density at radius 2 is 2.33 bits per heavy atom. The molecule has 1 aromatic heterocycles. The minimum Gasteiger partial charge on any atom is -0.478 e. The summed E-state index contributed by atoms with van der Waals surface area (Å²) in [5.74, 6) is 0.539. The fraction of sp³-hybridized carbons (Fsp3) is 0.556. The largest absolute Gasteiger partial charge is 0.478 e. The molecule has 1 heterocycles. The number of amides is 1. The summed E-state index contributed by atoms with van der Waals surface area (Å²) in [6.07, 6.45) is 4.88. The second-order valence-corrected chi connectivity index (χ2v) is 3.21. The van der Waals surface area contributed by atoms with E-state index in [0.29, 0.717) is 24.0 Å². The fourth-order valence-corrected chi connectivity index (χ4v) is 1.07. The van der Waals surface area contributed by atoms with Crippen molar-refractivity contribution >= 4 is 12.1 Å². The highest BCUT2D eigenvalue weighted by molar-refractivity contribution is 5.46. The molecule has 1 aliphatic carbocycles. The van der Waals surface area contributed by atoms with Gasteiger partial charge in [-0.25, -0.2) is 0 Å². The van der Waals surface area contributed by atoms with E-state index >= 15 is 0 Å². The summed E-state index contributed by atoms with van der Waals surface area (Å²) in [5, 5.41) is 6.41. The van der Waals surface area contributed by atoms with Gasteiger partial charge in [0.2, 0.25) is 6.41 Å². The number of hydrogen-bond acceptors (Lipinski definition) is 4. The average Bonchev–Trinajstić information content (AvgIpc) is 3.03. The highest BCUT2D eigenvalue weighted by Crippen LogP contribution is 2.36. The molecule has 6 nitrogen and oxygen atoms in total. The highest BCUT2D eigenvalue weighted by Gasteiger charge is 2.25. The van der Waals surface area contributed by atoms with Crippen LogP contribution in [-0.2, 0) is 4.79 Å². The Labute approximate surface area is 88.4 Å². The number of hydrogen-bond donors (Lipinski definition) is 2. The van der Waals surface area contributed by atoms with Crippen LogP contribution in [0.25, 0.3) is 0 Å². The number of nitrogens with zero attached hydrogens (tertiary/aromatic N) is 2. The molecular weight excluding hydrogens is 196 g/mol. The Kier molecular flexibility index (Phi) is 3.96. The molecule has 0 aliphatic heterocycles. The minimum atomic E-state index is 0.539. The standard InChI is InChI=1S/C7H11N3O.C2H5NO/c1-11-7-6(8)4-10(9-7)5-2-3-5;1-3-2-4/h4-5H,2-3,8H2,1H3;2H,1H3,(H,3,4). The Morgan fingerprint density at radius 3 is 2.67 bits per heavy atom. The number of aromatic nitrogens is 2. The van der Waals surface area contributed by atoms with Crippen molar-refractivity contribution in [3.05, 3.63) is 6.20 Å². The summed E-state index contributed by atoms with van der Waals surface area (Å²) in [6.45, 7) is 0. The normalized spacial score (nSPS) is 13.7. The number of rotatable bonds is 3. The van der Waals surface area contributed by atoms with E-state index in [0.717, 1.165) is 0 Å². The lowest BCUT2D eigenvalue weighted by Gasteiger charge is -1.93. The number of nitrogens with one attached hydrogen (secondary N) is 1. The molecule has 1 fully saturated rings. The molecule has 84 valence electrons. The van der Waals surface area contributed by atoms with Crippen LogP contribution >= 0.6 is 0 Å². The van der Waals surface area contributed by atoms with E-state index in [4.69, 9.17) is 15.3 Å². The van der Waals surface area contributed by atoms with E-state index in [-0.39, 0.29) is 0 Å². The van der Waals surface area contributed by atoms with Gasteiger partial charge in [0.15, 0.2) is 0 Å². The van der Waals surface area contributed by atoms with Gasteiger partial charge in [0, 0.05) is 7.05 Å². The van der Waals surface area contributed by atoms with Crippen molar-refractivity contribution in [1.82, 2.24) is 15.1 Å². The fourth-order valence-electron chi connectivity index (χ4n) is 1.07. The van der Waals surface area contributed by atoms with Crippen molar-refractivity contribution in [2.75, 3.05) is 19.9 Å². The van der Waals surface area contributed by atoms with Crippen LogP contribution in [-0.4, -0.2) is 30.3 Å². The van der Waals surface area contributed by atoms with Gasteiger partial charge in [-0.2, -0.15) is 0 Å². The van der Waals surface area contributed by atoms with Gasteiger partial charge < -0.3 is 15.8 Å². The predicted octanol–water partition coefficient (Wildman–Crippen LogP) is 0.171. The number of nitrogens with two attached hydrogens (primary N) is 1. The van der Waals surface area contributed by atoms with Gasteiger partial charge in [0.25, 0.3) is 5.88 Å². The summed E-state index contributed by atoms with van der Waals surface area (Å²) < 4.78 is 6.83. The van der Waals surface area contributed by atoms with Crippen LogP contribution in [0.1, 0.15) is 18.9 Å². The first-order valence-electron chi connectivity index (χ1n) is 4.72. The van der Waals surface area contributed by atoms with Gasteiger partial charge >= 0.3 is 0 Å². The smallest absolute Gasteiger partial charge is 0.256 e. The van der Waals surface area contributed by atoms with Gasteiger partial charge in [-0.05, 0) is 12.8 Å². The maximum absolute atomic E-state index is 9.06. The molecule has 1 aliphatic rings. The zero-order valence-corrected chi connectivity index (χ0v) is 8.93. The third-order valence-electron chi connectivity index (χ3n) is 1.96. The van der Waals surface area contributed by atoms with Gasteiger partial charge in [-0.3, -0.25) is 9.48 Å². The monoisotopic (exact) mass is 212 g/mol. The Hall–Kier alpha value is -1.72. The van der Waals surface area contributed by atoms with Crippen molar-refractivity contribution in [3.63, 3.8) is 0 Å². The highest BCUT2D eigenvalue weighted by atomic mass is 16.5. The quantitative estimate of drug-likeness (QED) is 0.700. The average molecular weight is 212 g/mol. The summed E-state index contributed by atoms with van der Waals surface area (Å²) in [5.41, 5.74) is 6.23. The molecule has 1 aromatic rings. The molecule has 0 radical (unpaired) electrons. The van der Waals surface area contributed by atoms with Crippen molar-refractivity contribution in [1.29, 1.82) is 0 Å². The zero-order valence-electron chi connectivity index (χ0n) is 8.93. The Morgan fingerprint density at radius 1 is 1.73 bits per heavy atom. The third kappa shape index (κ3) is 3.16. The van der Waals surface area contributed by atoms with E-state index in [1.165, 1.54) is 12.8 Å². The van der Waals surface area contributed by atoms with Gasteiger partial charge in [0.1, 0.15) is 5.69 Å². The molecule has 0 spiro atoms. The number of carbonyl (C=O) groups is 1. The van der Waals surface area contributed by atoms with Gasteiger partial charge in [0.05, 0.1) is 19.3 Å². The summed E-state index contributed by atoms with van der Waals surface area (Å²) >= 11 is 0. The van der Waals surface area contributed by atoms with E-state index in [1.807, 2.05) is 10.9 Å². The van der Waals surface area contributed by atoms with Crippen LogP contribution in [0.4, 0.5) is 5.69 Å². The second kappa shape index (κ2) is 5.23. The van der Waals surface area contributed by atoms with Gasteiger partial charge in [-0.1, -0.05) is 0 Å². The summed E-state index contributed by atoms with van der Waals surface area (Å²) in [7, 11) is 3.14. The van der Waals surface area contributed by atoms with Crippen LogP contribution in [0.5, 0.6) is 5.88 Å². The van der Waals surface area contributed by atoms with Crippen LogP contribution in [0, 0.1) is 0 Å². The van der Waals surface area contributed by atoms with E-state index in [1.54, 1.807) is 14.2 Å². The number of carbonyl (C=O) groups excluding carboxylic acids is 1. The molecule has 6 heteroatoms. The van der Waals surface area contributed by atoms with Crippen LogP contribution in [0.15, 0.2) is 6.20 Å². The predicted molar refractivity (Wildman–Crippen MR) is 56.6 cm³/mol. The molecule has 0 aromatic carbocycles. The molecule has 0 atom stereocenters. The molecule has 15 heavy (non-hydrogen) atoms. The maximum atomic E-state index is 9.06. The molecule has 0 saturated heterocycles. The van der Waals surface area contributed by atoms with E-state index in [9.17, 15) is 0 Å². The third-order valence-corrected chi connectivity index (χ3v) is 1.96. The molecule has 0 unspecified atom stereocenters. The van der Waals surface area contributed by atoms with Crippen molar-refractivity contribution in [2.45, 2.75) is 18.9 Å². The molecule has 1 saturated carbocycles. The molecule has 2 rings (SSSR count). The Balaban J connectivity index is 0.000000245. The first-order valence-corrected chi connectivity index (χ1v) is 4.72. The summed E-state index contributed by atoms with van der Waals surface area (Å²) in [4.78, 5) is 9.06. The van der Waals surface area contributed by atoms with Crippen molar-refractivity contribution in [3.8, 4) is 5.88 Å². The number of ether oxygens (including phenoxy) is 1. The van der Waals surface area contributed by atoms with Gasteiger partial charge in [-0.15, -0.1) is 5.10 Å². The number of nitrogen functional groups attached to an aromatic ring is 1. The molecular formula is C9H16N4O2. The van der Waals surface area contributed by atoms with Crippen LogP contribution < -0.4 is 15.8 Å². The molecule has 3 N–H and O–H groups in total. The maximum Gasteiger partial charge on any atom is 0.256 e. The van der Waals surface area contributed by atoms with Crippen LogP contribution in [0.2, 0.25) is 0 Å². The Bertz CT molecular complexity index is 320. The van der Waals surface area contributed by atoms with Crippen molar-refractivity contribution in [2.24, 2.45) is 0 Å². The number of anilines is 1. The van der Waals surface area contributed by atoms with E-state index in [2.05, 4.69) is 10.4 Å². The first-order chi connectivity index (χ1) is 7.22. The lowest BCUT2D eigenvalue weighted by Crippen LogP contribution is -1.98. The first kappa shape index (κ1) is 11.4. The second-order valence-electron chi connectivity index (χ2n) is 3.21. The lowest BCUT2D eigenvalue weighted by molar-refractivity contribution is -0.109. The van der Waals surface area contributed by atoms with E-state index < -0.39 is 0 Å². The summed E-state index contributed by atoms with van der Waals surface area (Å²) in [6, 6.07) is 0.571. The zero-order chi connectivity index (χ0) is 11.3. The van der Waals surface area contributed by atoms with Crippen LogP contribution in [0.3, 0.4) is 0 Å². The molecule has 1 amide bonds. The topological polar surface area (TPSA) is 82.2 Å². The van der Waals surface area contributed by atoms with Crippen molar-refractivity contribution < 1.29 is 9.53 Å². The molecule has 0 bridgehead atoms. The minimum absolute atomic E-state index is 0.539.